The summed E-state index contributed by atoms with van der Waals surface area (Å²) in [6, 6.07) is 5.45. The number of nitriles is 1. The van der Waals surface area contributed by atoms with Crippen LogP contribution in [0.1, 0.15) is 20.8 Å². The van der Waals surface area contributed by atoms with Gasteiger partial charge in [0, 0.05) is 10.1 Å². The maximum atomic E-state index is 12.9. The number of alkyl halides is 3. The van der Waals surface area contributed by atoms with Crippen molar-refractivity contribution in [1.82, 2.24) is 0 Å². The van der Waals surface area contributed by atoms with E-state index in [4.69, 9.17) is 10.4 Å². The number of halogens is 3. The molecule has 0 amide bonds. The molecule has 0 unspecified atom stereocenters. The molecular formula is C11H4F3NO2S. The third kappa shape index (κ3) is 1.91. The van der Waals surface area contributed by atoms with Crippen molar-refractivity contribution in [2.45, 2.75) is 6.18 Å². The van der Waals surface area contributed by atoms with E-state index in [1.165, 1.54) is 12.1 Å². The molecule has 7 heteroatoms. The summed E-state index contributed by atoms with van der Waals surface area (Å²) in [6.07, 6.45) is -4.76. The van der Waals surface area contributed by atoms with Crippen molar-refractivity contribution in [3.05, 3.63) is 34.2 Å². The molecule has 1 N–H and O–H groups in total. The molecule has 2 aromatic rings. The number of aromatic carboxylic acids is 1. The Bertz CT molecular complexity index is 682. The summed E-state index contributed by atoms with van der Waals surface area (Å²) in [7, 11) is 0. The maximum Gasteiger partial charge on any atom is 0.418 e. The van der Waals surface area contributed by atoms with Crippen LogP contribution < -0.4 is 0 Å². The van der Waals surface area contributed by atoms with Crippen molar-refractivity contribution in [1.29, 1.82) is 5.26 Å². The first-order valence-electron chi connectivity index (χ1n) is 4.61. The lowest BCUT2D eigenvalue weighted by Crippen LogP contribution is -2.10. The molecule has 3 nitrogen and oxygen atoms in total. The van der Waals surface area contributed by atoms with Gasteiger partial charge in [0.15, 0.2) is 0 Å². The molecule has 0 spiro atoms. The van der Waals surface area contributed by atoms with Gasteiger partial charge in [0.25, 0.3) is 0 Å². The first-order chi connectivity index (χ1) is 8.34. The highest BCUT2D eigenvalue weighted by molar-refractivity contribution is 7.21. The van der Waals surface area contributed by atoms with Crippen molar-refractivity contribution in [3.8, 4) is 6.07 Å². The second-order valence-corrected chi connectivity index (χ2v) is 4.48. The molecule has 18 heavy (non-hydrogen) atoms. The molecule has 0 aliphatic heterocycles. The summed E-state index contributed by atoms with van der Waals surface area (Å²) in [4.78, 5) is 10.1. The van der Waals surface area contributed by atoms with Crippen LogP contribution in [0, 0.1) is 11.3 Å². The second kappa shape index (κ2) is 3.99. The molecule has 0 aliphatic rings. The minimum Gasteiger partial charge on any atom is -0.477 e. The van der Waals surface area contributed by atoms with E-state index in [2.05, 4.69) is 0 Å². The number of hydrogen-bond acceptors (Lipinski definition) is 3. The first-order valence-corrected chi connectivity index (χ1v) is 5.43. The minimum atomic E-state index is -4.76. The lowest BCUT2D eigenvalue weighted by Gasteiger charge is -2.06. The van der Waals surface area contributed by atoms with Gasteiger partial charge in [-0.2, -0.15) is 18.4 Å². The Morgan fingerprint density at radius 2 is 2.06 bits per heavy atom. The molecule has 0 aliphatic carbocycles. The average molecular weight is 271 g/mol. The van der Waals surface area contributed by atoms with Gasteiger partial charge in [-0.15, -0.1) is 11.3 Å². The number of hydrogen-bond donors (Lipinski definition) is 1. The molecule has 2 rings (SSSR count). The number of fused-ring (bicyclic) bond motifs is 1. The Balaban J connectivity index is 2.88. The molecular weight excluding hydrogens is 267 g/mol. The van der Waals surface area contributed by atoms with Crippen molar-refractivity contribution in [2.75, 3.05) is 0 Å². The first kappa shape index (κ1) is 12.4. The number of carboxylic acids is 1. The highest BCUT2D eigenvalue weighted by Crippen LogP contribution is 2.42. The zero-order chi connectivity index (χ0) is 13.5. The van der Waals surface area contributed by atoms with Gasteiger partial charge in [0.1, 0.15) is 4.88 Å². The lowest BCUT2D eigenvalue weighted by molar-refractivity contribution is -0.136. The maximum absolute atomic E-state index is 12.9. The van der Waals surface area contributed by atoms with E-state index in [0.717, 1.165) is 6.07 Å². The van der Waals surface area contributed by atoms with Gasteiger partial charge in [-0.3, -0.25) is 0 Å². The number of carboxylic acid groups (broad SMARTS) is 1. The van der Waals surface area contributed by atoms with Gasteiger partial charge in [-0.1, -0.05) is 0 Å². The Hall–Kier alpha value is -2.07. The predicted molar refractivity (Wildman–Crippen MR) is 58.5 cm³/mol. The number of rotatable bonds is 1. The van der Waals surface area contributed by atoms with Gasteiger partial charge in [0.2, 0.25) is 0 Å². The largest absolute Gasteiger partial charge is 0.477 e. The zero-order valence-corrected chi connectivity index (χ0v) is 9.39. The molecule has 0 bridgehead atoms. The molecule has 0 radical (unpaired) electrons. The summed E-state index contributed by atoms with van der Waals surface area (Å²) in [5, 5.41) is 17.2. The number of thiophene rings is 1. The van der Waals surface area contributed by atoms with Crippen LogP contribution in [0.15, 0.2) is 18.2 Å². The van der Waals surface area contributed by atoms with Crippen LogP contribution in [-0.4, -0.2) is 11.1 Å². The van der Waals surface area contributed by atoms with Crippen molar-refractivity contribution in [3.63, 3.8) is 0 Å². The fourth-order valence-corrected chi connectivity index (χ4v) is 2.64. The van der Waals surface area contributed by atoms with Crippen molar-refractivity contribution < 1.29 is 23.1 Å². The Morgan fingerprint density at radius 3 is 2.56 bits per heavy atom. The number of carbonyl (C=O) groups is 1. The standard InChI is InChI=1S/C11H4F3NO2S/c12-11(13,14)8-6-3-5(4-15)1-2-7(6)18-9(8)10(16)17/h1-3H,(H,16,17). The summed E-state index contributed by atoms with van der Waals surface area (Å²) in [6.45, 7) is 0. The smallest absolute Gasteiger partial charge is 0.418 e. The number of nitrogens with zero attached hydrogens (tertiary/aromatic N) is 1. The molecule has 1 heterocycles. The zero-order valence-electron chi connectivity index (χ0n) is 8.58. The van der Waals surface area contributed by atoms with Crippen molar-refractivity contribution in [2.24, 2.45) is 0 Å². The fourth-order valence-electron chi connectivity index (χ4n) is 1.60. The average Bonchev–Trinajstić information content (AvgIpc) is 2.66. The Labute approximate surface area is 103 Å². The lowest BCUT2D eigenvalue weighted by atomic mass is 10.1. The van der Waals surface area contributed by atoms with E-state index in [0.29, 0.717) is 11.3 Å². The SMILES string of the molecule is N#Cc1ccc2sc(C(=O)O)c(C(F)(F)F)c2c1. The molecule has 1 aromatic heterocycles. The van der Waals surface area contributed by atoms with E-state index >= 15 is 0 Å². The van der Waals surface area contributed by atoms with E-state index < -0.39 is 22.6 Å². The summed E-state index contributed by atoms with van der Waals surface area (Å²) >= 11 is 0.549. The molecule has 1 aromatic carbocycles. The Kier molecular flexibility index (Phi) is 2.75. The van der Waals surface area contributed by atoms with E-state index in [9.17, 15) is 18.0 Å². The number of benzene rings is 1. The fraction of sp³-hybridized carbons (Fsp3) is 0.0909. The molecule has 0 saturated carbocycles. The Morgan fingerprint density at radius 1 is 1.39 bits per heavy atom. The second-order valence-electron chi connectivity index (χ2n) is 3.43. The third-order valence-corrected chi connectivity index (χ3v) is 3.45. The monoisotopic (exact) mass is 271 g/mol. The van der Waals surface area contributed by atoms with E-state index in [1.807, 2.05) is 0 Å². The molecule has 0 fully saturated rings. The third-order valence-electron chi connectivity index (χ3n) is 2.29. The van der Waals surface area contributed by atoms with Gasteiger partial charge < -0.3 is 5.11 Å². The molecule has 0 atom stereocenters. The van der Waals surface area contributed by atoms with Crippen LogP contribution in [0.5, 0.6) is 0 Å². The topological polar surface area (TPSA) is 61.1 Å². The van der Waals surface area contributed by atoms with Gasteiger partial charge in [-0.25, -0.2) is 4.79 Å². The van der Waals surface area contributed by atoms with Gasteiger partial charge >= 0.3 is 12.1 Å². The summed E-state index contributed by atoms with van der Waals surface area (Å²) in [5.41, 5.74) is -1.13. The molecule has 0 saturated heterocycles. The van der Waals surface area contributed by atoms with Crippen LogP contribution in [0.3, 0.4) is 0 Å². The quantitative estimate of drug-likeness (QED) is 0.863. The molecule has 92 valence electrons. The summed E-state index contributed by atoms with van der Waals surface area (Å²) < 4.78 is 38.8. The van der Waals surface area contributed by atoms with Crippen LogP contribution in [0.2, 0.25) is 0 Å². The van der Waals surface area contributed by atoms with Crippen LogP contribution in [-0.2, 0) is 6.18 Å². The summed E-state index contributed by atoms with van der Waals surface area (Å²) in [5.74, 6) is -1.62. The van der Waals surface area contributed by atoms with Gasteiger partial charge in [-0.05, 0) is 18.2 Å². The normalized spacial score (nSPS) is 11.4. The van der Waals surface area contributed by atoms with Gasteiger partial charge in [0.05, 0.1) is 17.2 Å². The highest BCUT2D eigenvalue weighted by atomic mass is 32.1. The highest BCUT2D eigenvalue weighted by Gasteiger charge is 2.39. The van der Waals surface area contributed by atoms with E-state index in [1.54, 1.807) is 6.07 Å². The minimum absolute atomic E-state index is 0.0581. The predicted octanol–water partition coefficient (Wildman–Crippen LogP) is 3.49. The van der Waals surface area contributed by atoms with Crippen LogP contribution in [0.25, 0.3) is 10.1 Å². The van der Waals surface area contributed by atoms with E-state index in [-0.39, 0.29) is 15.6 Å². The van der Waals surface area contributed by atoms with Crippen molar-refractivity contribution >= 4 is 27.4 Å². The van der Waals surface area contributed by atoms with Crippen LogP contribution >= 0.6 is 11.3 Å². The van der Waals surface area contributed by atoms with Crippen LogP contribution in [0.4, 0.5) is 13.2 Å².